The van der Waals surface area contributed by atoms with E-state index in [-0.39, 0.29) is 25.7 Å². The average molecular weight is 739 g/mol. The van der Waals surface area contributed by atoms with Crippen molar-refractivity contribution in [2.45, 2.75) is 193 Å². The fourth-order valence-electron chi connectivity index (χ4n) is 5.71. The van der Waals surface area contributed by atoms with Gasteiger partial charge in [-0.25, -0.2) is 4.57 Å². The van der Waals surface area contributed by atoms with E-state index in [2.05, 4.69) is 55.6 Å². The predicted molar refractivity (Wildman–Crippen MR) is 217 cm³/mol. The Morgan fingerprint density at radius 1 is 0.647 bits per heavy atom. The van der Waals surface area contributed by atoms with Crippen molar-refractivity contribution in [3.05, 3.63) is 48.6 Å². The van der Waals surface area contributed by atoms with Crippen molar-refractivity contribution < 1.29 is 28.4 Å². The number of aliphatic hydroxyl groups excluding tert-OH is 1. The monoisotopic (exact) mass is 739 g/mol. The van der Waals surface area contributed by atoms with E-state index >= 15 is 0 Å². The molecule has 0 aliphatic rings. The van der Waals surface area contributed by atoms with E-state index < -0.39 is 20.0 Å². The number of amides is 1. The van der Waals surface area contributed by atoms with Crippen molar-refractivity contribution >= 4 is 13.7 Å². The van der Waals surface area contributed by atoms with Gasteiger partial charge >= 0.3 is 7.82 Å². The molecule has 8 nitrogen and oxygen atoms in total. The summed E-state index contributed by atoms with van der Waals surface area (Å²) in [5.74, 6) is -0.211. The first-order chi connectivity index (χ1) is 24.9. The number of hydrogen-bond donors (Lipinski definition) is 4. The van der Waals surface area contributed by atoms with Crippen LogP contribution in [-0.2, 0) is 18.4 Å². The number of carbonyl (C=O) groups excluding carboxylic acids is 1. The van der Waals surface area contributed by atoms with E-state index in [1.807, 2.05) is 6.08 Å². The maximum Gasteiger partial charge on any atom is 0.472 e. The third kappa shape index (κ3) is 36.6. The van der Waals surface area contributed by atoms with Gasteiger partial charge in [0.2, 0.25) is 5.91 Å². The molecule has 9 heteroatoms. The summed E-state index contributed by atoms with van der Waals surface area (Å²) in [5, 5.41) is 13.5. The molecule has 5 N–H and O–H groups in total. The Balaban J connectivity index is 4.09. The minimum atomic E-state index is -4.34. The van der Waals surface area contributed by atoms with E-state index in [1.165, 1.54) is 116 Å². The molecule has 0 aromatic heterocycles. The van der Waals surface area contributed by atoms with Gasteiger partial charge in [-0.3, -0.25) is 13.8 Å². The molecule has 0 radical (unpaired) electrons. The van der Waals surface area contributed by atoms with Crippen LogP contribution in [0.15, 0.2) is 48.6 Å². The first kappa shape index (κ1) is 49.5. The van der Waals surface area contributed by atoms with E-state index in [0.29, 0.717) is 6.42 Å². The second-order valence-corrected chi connectivity index (χ2v) is 15.3. The summed E-state index contributed by atoms with van der Waals surface area (Å²) >= 11 is 0. The summed E-state index contributed by atoms with van der Waals surface area (Å²) in [7, 11) is -4.34. The van der Waals surface area contributed by atoms with Crippen molar-refractivity contribution in [3.63, 3.8) is 0 Å². The first-order valence-corrected chi connectivity index (χ1v) is 22.3. The Morgan fingerprint density at radius 2 is 1.10 bits per heavy atom. The number of allylic oxidation sites excluding steroid dienone is 7. The zero-order valence-electron chi connectivity index (χ0n) is 32.8. The molecule has 0 spiro atoms. The van der Waals surface area contributed by atoms with E-state index in [4.69, 9.17) is 14.8 Å². The molecule has 0 aliphatic carbocycles. The van der Waals surface area contributed by atoms with Crippen LogP contribution in [0.3, 0.4) is 0 Å². The van der Waals surface area contributed by atoms with Crippen molar-refractivity contribution in [1.82, 2.24) is 5.32 Å². The SMILES string of the molecule is CCCCC/C=C/CC/C=C/C(O)C(COP(=O)(O)OCCN)NC(=O)CCCCCCCCCCCCC/C=C\C/C=C\CCCCCCC. The summed E-state index contributed by atoms with van der Waals surface area (Å²) in [6.07, 6.45) is 46.1. The van der Waals surface area contributed by atoms with Crippen LogP contribution >= 0.6 is 7.82 Å². The van der Waals surface area contributed by atoms with Crippen LogP contribution in [0.25, 0.3) is 0 Å². The van der Waals surface area contributed by atoms with Crippen LogP contribution in [0.2, 0.25) is 0 Å². The summed E-state index contributed by atoms with van der Waals surface area (Å²) in [5.41, 5.74) is 5.35. The molecule has 3 unspecified atom stereocenters. The molecule has 0 rings (SSSR count). The van der Waals surface area contributed by atoms with Gasteiger partial charge in [-0.15, -0.1) is 0 Å². The number of carbonyl (C=O) groups is 1. The summed E-state index contributed by atoms with van der Waals surface area (Å²) in [6, 6.07) is -0.876. The van der Waals surface area contributed by atoms with E-state index in [0.717, 1.165) is 44.9 Å². The van der Waals surface area contributed by atoms with Crippen LogP contribution in [0.5, 0.6) is 0 Å². The van der Waals surface area contributed by atoms with Crippen molar-refractivity contribution in [2.24, 2.45) is 5.73 Å². The second kappa shape index (κ2) is 38.2. The molecule has 0 saturated carbocycles. The van der Waals surface area contributed by atoms with Gasteiger partial charge in [0, 0.05) is 13.0 Å². The topological polar surface area (TPSA) is 131 Å². The third-order valence-electron chi connectivity index (χ3n) is 8.88. The van der Waals surface area contributed by atoms with Gasteiger partial charge in [0.15, 0.2) is 0 Å². The highest BCUT2D eigenvalue weighted by atomic mass is 31.2. The molecule has 0 aromatic rings. The molecule has 298 valence electrons. The Morgan fingerprint density at radius 3 is 1.67 bits per heavy atom. The number of rotatable bonds is 38. The van der Waals surface area contributed by atoms with Gasteiger partial charge in [0.1, 0.15) is 0 Å². The molecule has 0 aromatic carbocycles. The zero-order valence-corrected chi connectivity index (χ0v) is 33.7. The first-order valence-electron chi connectivity index (χ1n) is 20.8. The number of phosphoric acid groups is 1. The van der Waals surface area contributed by atoms with Crippen LogP contribution in [0, 0.1) is 0 Å². The van der Waals surface area contributed by atoms with Gasteiger partial charge in [0.25, 0.3) is 0 Å². The molecule has 0 fully saturated rings. The van der Waals surface area contributed by atoms with Gasteiger partial charge in [0.05, 0.1) is 25.4 Å². The minimum absolute atomic E-state index is 0.0722. The number of aliphatic hydroxyl groups is 1. The largest absolute Gasteiger partial charge is 0.472 e. The molecular weight excluding hydrogens is 659 g/mol. The molecule has 0 heterocycles. The fourth-order valence-corrected chi connectivity index (χ4v) is 6.47. The molecule has 0 aliphatic heterocycles. The number of phosphoric ester groups is 1. The number of hydrogen-bond acceptors (Lipinski definition) is 6. The summed E-state index contributed by atoms with van der Waals surface area (Å²) < 4.78 is 22.0. The second-order valence-electron chi connectivity index (χ2n) is 13.8. The van der Waals surface area contributed by atoms with E-state index in [9.17, 15) is 19.4 Å². The molecule has 3 atom stereocenters. The fraction of sp³-hybridized carbons (Fsp3) is 0.786. The number of nitrogens with one attached hydrogen (secondary N) is 1. The van der Waals surface area contributed by atoms with Crippen LogP contribution < -0.4 is 11.1 Å². The average Bonchev–Trinajstić information content (AvgIpc) is 3.12. The maximum absolute atomic E-state index is 12.7. The van der Waals surface area contributed by atoms with Crippen molar-refractivity contribution in [1.29, 1.82) is 0 Å². The van der Waals surface area contributed by atoms with Crippen molar-refractivity contribution in [3.8, 4) is 0 Å². The molecule has 0 saturated heterocycles. The zero-order chi connectivity index (χ0) is 37.5. The van der Waals surface area contributed by atoms with Crippen LogP contribution in [-0.4, -0.2) is 47.8 Å². The Hall–Kier alpha value is -1.54. The maximum atomic E-state index is 12.7. The highest BCUT2D eigenvalue weighted by molar-refractivity contribution is 7.47. The summed E-state index contributed by atoms with van der Waals surface area (Å²) in [6.45, 7) is 4.04. The molecule has 0 bridgehead atoms. The van der Waals surface area contributed by atoms with Gasteiger partial charge < -0.3 is 21.1 Å². The van der Waals surface area contributed by atoms with Gasteiger partial charge in [-0.1, -0.05) is 159 Å². The normalized spacial score (nSPS) is 14.7. The lowest BCUT2D eigenvalue weighted by Gasteiger charge is -2.23. The van der Waals surface area contributed by atoms with Crippen molar-refractivity contribution in [2.75, 3.05) is 19.8 Å². The third-order valence-corrected chi connectivity index (χ3v) is 9.86. The Bertz CT molecular complexity index is 938. The smallest absolute Gasteiger partial charge is 0.387 e. The Kier molecular flexibility index (Phi) is 37.0. The lowest BCUT2D eigenvalue weighted by atomic mass is 10.0. The number of unbranched alkanes of at least 4 members (excludes halogenated alkanes) is 20. The molecule has 51 heavy (non-hydrogen) atoms. The molecule has 1 amide bonds. The highest BCUT2D eigenvalue weighted by Gasteiger charge is 2.26. The van der Waals surface area contributed by atoms with Crippen LogP contribution in [0.1, 0.15) is 181 Å². The summed E-state index contributed by atoms with van der Waals surface area (Å²) in [4.78, 5) is 22.6. The standard InChI is InChI=1S/C42H79N2O6P/c1-3-5-7-9-11-13-14-15-16-17-18-19-20-21-22-23-24-25-26-28-30-32-34-36-42(46)44-40(39-50-51(47,48)49-38-37-43)41(45)35-33-31-29-27-12-10-8-6-4-2/h12,14-15,17-18,27,33,35,40-41,45H,3-11,13,16,19-26,28-32,34,36-39,43H2,1-2H3,(H,44,46)(H,47,48)/b15-14-,18-17-,27-12+,35-33+. The predicted octanol–water partition coefficient (Wildman–Crippen LogP) is 11.3. The number of nitrogens with two attached hydrogens (primary N) is 1. The molecular formula is C42H79N2O6P. The van der Waals surface area contributed by atoms with Gasteiger partial charge in [-0.05, 0) is 64.2 Å². The highest BCUT2D eigenvalue weighted by Crippen LogP contribution is 2.43. The van der Waals surface area contributed by atoms with Crippen LogP contribution in [0.4, 0.5) is 0 Å². The lowest BCUT2D eigenvalue weighted by molar-refractivity contribution is -0.123. The van der Waals surface area contributed by atoms with E-state index in [1.54, 1.807) is 6.08 Å². The van der Waals surface area contributed by atoms with Gasteiger partial charge in [-0.2, -0.15) is 0 Å². The quantitative estimate of drug-likeness (QED) is 0.0282. The minimum Gasteiger partial charge on any atom is -0.387 e. The lowest BCUT2D eigenvalue weighted by Crippen LogP contribution is -2.45. The Labute approximate surface area is 313 Å².